The summed E-state index contributed by atoms with van der Waals surface area (Å²) in [6, 6.07) is 5.44. The van der Waals surface area contributed by atoms with Gasteiger partial charge < -0.3 is 0 Å². The molecule has 7 nitrogen and oxygen atoms in total. The number of amides is 2. The minimum absolute atomic E-state index is 0.0299. The van der Waals surface area contributed by atoms with Crippen molar-refractivity contribution in [3.8, 4) is 0 Å². The van der Waals surface area contributed by atoms with E-state index in [1.165, 1.54) is 24.3 Å². The summed E-state index contributed by atoms with van der Waals surface area (Å²) < 4.78 is 41.0. The summed E-state index contributed by atoms with van der Waals surface area (Å²) in [7, 11) is -3.80. The fourth-order valence-corrected chi connectivity index (χ4v) is 4.90. The molecule has 3 N–H and O–H groups in total. The molecule has 0 aliphatic heterocycles. The van der Waals surface area contributed by atoms with Crippen LogP contribution in [0.15, 0.2) is 29.2 Å². The second kappa shape index (κ2) is 10.0. The lowest BCUT2D eigenvalue weighted by Gasteiger charge is -2.19. The van der Waals surface area contributed by atoms with Crippen molar-refractivity contribution in [1.29, 1.82) is 0 Å². The van der Waals surface area contributed by atoms with Crippen molar-refractivity contribution in [2.45, 2.75) is 52.4 Å². The van der Waals surface area contributed by atoms with E-state index in [0.717, 1.165) is 16.7 Å². The van der Waals surface area contributed by atoms with Crippen LogP contribution in [0.3, 0.4) is 0 Å². The number of rotatable bonds is 7. The second-order valence-corrected chi connectivity index (χ2v) is 9.21. The Balaban J connectivity index is 1.89. The molecular formula is C22H28FN3O4S. The van der Waals surface area contributed by atoms with Gasteiger partial charge in [0.25, 0.3) is 0 Å². The minimum Gasteiger partial charge on any atom is -0.273 e. The lowest BCUT2D eigenvalue weighted by atomic mass is 9.95. The van der Waals surface area contributed by atoms with E-state index in [2.05, 4.69) is 15.6 Å². The summed E-state index contributed by atoms with van der Waals surface area (Å²) in [5.74, 6) is -1.42. The van der Waals surface area contributed by atoms with Gasteiger partial charge in [-0.05, 0) is 80.1 Å². The molecule has 0 bridgehead atoms. The standard InChI is InChI=1S/C22H28FN3O4S/c1-13-14(2)16(4)22(17(5)15(13)3)31(29,30)24-11-10-20(27)25-26-21(28)12-18-6-8-19(23)9-7-18/h6-9,24H,10-12H2,1-5H3,(H,25,27)(H,26,28). The van der Waals surface area contributed by atoms with E-state index in [0.29, 0.717) is 16.7 Å². The maximum absolute atomic E-state index is 12.9. The number of benzene rings is 2. The molecule has 2 rings (SSSR count). The topological polar surface area (TPSA) is 104 Å². The van der Waals surface area contributed by atoms with E-state index >= 15 is 0 Å². The maximum Gasteiger partial charge on any atom is 0.242 e. The number of hydrazine groups is 1. The average Bonchev–Trinajstić information content (AvgIpc) is 2.71. The zero-order valence-corrected chi connectivity index (χ0v) is 19.2. The molecule has 9 heteroatoms. The molecule has 2 aromatic carbocycles. The first kappa shape index (κ1) is 24.5. The van der Waals surface area contributed by atoms with Gasteiger partial charge in [0.15, 0.2) is 0 Å². The molecule has 168 valence electrons. The minimum atomic E-state index is -3.80. The molecule has 2 aromatic rings. The summed E-state index contributed by atoms with van der Waals surface area (Å²) in [5, 5.41) is 0. The third kappa shape index (κ3) is 6.11. The molecule has 0 aromatic heterocycles. The third-order valence-corrected chi connectivity index (χ3v) is 7.20. The van der Waals surface area contributed by atoms with Gasteiger partial charge in [-0.3, -0.25) is 20.4 Å². The van der Waals surface area contributed by atoms with Gasteiger partial charge in [-0.1, -0.05) is 12.1 Å². The molecule has 0 spiro atoms. The van der Waals surface area contributed by atoms with Crippen molar-refractivity contribution >= 4 is 21.8 Å². The summed E-state index contributed by atoms with van der Waals surface area (Å²) in [5.41, 5.74) is 9.36. The Morgan fingerprint density at radius 3 is 1.84 bits per heavy atom. The lowest BCUT2D eigenvalue weighted by molar-refractivity contribution is -0.128. The van der Waals surface area contributed by atoms with Crippen LogP contribution >= 0.6 is 0 Å². The Labute approximate surface area is 182 Å². The van der Waals surface area contributed by atoms with Crippen LogP contribution in [0.4, 0.5) is 4.39 Å². The van der Waals surface area contributed by atoms with Gasteiger partial charge in [-0.25, -0.2) is 17.5 Å². The number of carbonyl (C=O) groups excluding carboxylic acids is 2. The van der Waals surface area contributed by atoms with Crippen molar-refractivity contribution in [2.75, 3.05) is 6.54 Å². The van der Waals surface area contributed by atoms with E-state index in [1.54, 1.807) is 13.8 Å². The fraction of sp³-hybridized carbons (Fsp3) is 0.364. The highest BCUT2D eigenvalue weighted by Crippen LogP contribution is 2.29. The number of hydrogen-bond donors (Lipinski definition) is 3. The van der Waals surface area contributed by atoms with Crippen LogP contribution in [-0.4, -0.2) is 26.8 Å². The molecule has 0 aliphatic rings. The molecule has 0 fully saturated rings. The highest BCUT2D eigenvalue weighted by molar-refractivity contribution is 7.89. The average molecular weight is 450 g/mol. The van der Waals surface area contributed by atoms with Crippen molar-refractivity contribution < 1.29 is 22.4 Å². The van der Waals surface area contributed by atoms with Crippen LogP contribution in [0.1, 0.15) is 39.8 Å². The number of nitrogens with one attached hydrogen (secondary N) is 3. The molecule has 0 unspecified atom stereocenters. The predicted octanol–water partition coefficient (Wildman–Crippen LogP) is 2.43. The fourth-order valence-electron chi connectivity index (χ4n) is 3.27. The van der Waals surface area contributed by atoms with Crippen molar-refractivity contribution in [3.63, 3.8) is 0 Å². The van der Waals surface area contributed by atoms with E-state index in [9.17, 15) is 22.4 Å². The van der Waals surface area contributed by atoms with Crippen molar-refractivity contribution in [1.82, 2.24) is 15.6 Å². The van der Waals surface area contributed by atoms with E-state index in [4.69, 9.17) is 0 Å². The van der Waals surface area contributed by atoms with Crippen LogP contribution in [-0.2, 0) is 26.0 Å². The van der Waals surface area contributed by atoms with Crippen molar-refractivity contribution in [3.05, 3.63) is 63.5 Å². The maximum atomic E-state index is 12.9. The zero-order valence-electron chi connectivity index (χ0n) is 18.3. The van der Waals surface area contributed by atoms with Gasteiger partial charge >= 0.3 is 0 Å². The largest absolute Gasteiger partial charge is 0.273 e. The third-order valence-electron chi connectivity index (χ3n) is 5.46. The molecule has 0 atom stereocenters. The van der Waals surface area contributed by atoms with Crippen molar-refractivity contribution in [2.24, 2.45) is 0 Å². The quantitative estimate of drug-likeness (QED) is 0.565. The molecule has 31 heavy (non-hydrogen) atoms. The number of carbonyl (C=O) groups is 2. The summed E-state index contributed by atoms with van der Waals surface area (Å²) in [6.45, 7) is 9.16. The SMILES string of the molecule is Cc1c(C)c(C)c(S(=O)(=O)NCCC(=O)NNC(=O)Cc2ccc(F)cc2)c(C)c1C. The van der Waals surface area contributed by atoms with Gasteiger partial charge in [0.2, 0.25) is 21.8 Å². The first-order valence-corrected chi connectivity index (χ1v) is 11.3. The molecule has 0 radical (unpaired) electrons. The van der Waals surface area contributed by atoms with Crippen LogP contribution in [0.5, 0.6) is 0 Å². The van der Waals surface area contributed by atoms with Gasteiger partial charge in [-0.15, -0.1) is 0 Å². The first-order chi connectivity index (χ1) is 14.4. The predicted molar refractivity (Wildman–Crippen MR) is 116 cm³/mol. The Hall–Kier alpha value is -2.78. The monoisotopic (exact) mass is 449 g/mol. The Bertz CT molecular complexity index is 1070. The van der Waals surface area contributed by atoms with Crippen LogP contribution in [0.2, 0.25) is 0 Å². The van der Waals surface area contributed by atoms with E-state index in [-0.39, 0.29) is 24.3 Å². The summed E-state index contributed by atoms with van der Waals surface area (Å²) >= 11 is 0. The molecule has 0 aliphatic carbocycles. The number of sulfonamides is 1. The van der Waals surface area contributed by atoms with Gasteiger partial charge in [-0.2, -0.15) is 0 Å². The van der Waals surface area contributed by atoms with Gasteiger partial charge in [0.05, 0.1) is 11.3 Å². The second-order valence-electron chi connectivity index (χ2n) is 7.50. The molecule has 2 amide bonds. The van der Waals surface area contributed by atoms with Crippen LogP contribution in [0, 0.1) is 40.4 Å². The van der Waals surface area contributed by atoms with E-state index < -0.39 is 27.7 Å². The van der Waals surface area contributed by atoms with Crippen LogP contribution in [0.25, 0.3) is 0 Å². The Kier molecular flexibility index (Phi) is 7.91. The Morgan fingerprint density at radius 1 is 0.806 bits per heavy atom. The van der Waals surface area contributed by atoms with E-state index in [1.807, 2.05) is 20.8 Å². The first-order valence-electron chi connectivity index (χ1n) is 9.82. The molecular weight excluding hydrogens is 421 g/mol. The molecule has 0 heterocycles. The molecule has 0 saturated heterocycles. The summed E-state index contributed by atoms with van der Waals surface area (Å²) in [6.07, 6.45) is -0.185. The molecule has 0 saturated carbocycles. The highest BCUT2D eigenvalue weighted by Gasteiger charge is 2.23. The smallest absolute Gasteiger partial charge is 0.242 e. The van der Waals surface area contributed by atoms with Gasteiger partial charge in [0.1, 0.15) is 5.82 Å². The zero-order chi connectivity index (χ0) is 23.3. The Morgan fingerprint density at radius 2 is 1.29 bits per heavy atom. The summed E-state index contributed by atoms with van der Waals surface area (Å²) in [4.78, 5) is 24.0. The van der Waals surface area contributed by atoms with Gasteiger partial charge in [0, 0.05) is 13.0 Å². The highest BCUT2D eigenvalue weighted by atomic mass is 32.2. The van der Waals surface area contributed by atoms with Crippen LogP contribution < -0.4 is 15.6 Å². The number of halogens is 1. The lowest BCUT2D eigenvalue weighted by Crippen LogP contribution is -2.43. The number of hydrogen-bond acceptors (Lipinski definition) is 4. The normalized spacial score (nSPS) is 11.3.